The van der Waals surface area contributed by atoms with Crippen LogP contribution in [0.5, 0.6) is 5.88 Å². The molecule has 0 fully saturated rings. The molecule has 0 radical (unpaired) electrons. The number of carbonyl (C=O) groups excluding carboxylic acids is 2. The van der Waals surface area contributed by atoms with Crippen LogP contribution >= 0.6 is 34.8 Å². The van der Waals surface area contributed by atoms with E-state index in [4.69, 9.17) is 45.3 Å². The lowest BCUT2D eigenvalue weighted by molar-refractivity contribution is -0.127. The van der Waals surface area contributed by atoms with E-state index in [2.05, 4.69) is 15.4 Å². The number of nitrogens with two attached hydrogens (primary N) is 1. The SMILES string of the molecule is NC(=O)[C@H](Cc1ccc(Cl)cc1)NC(=O)CCCOc1cc(-c2cccnc2)nn1-c1ccc(Cl)c(Cl)c1. The minimum Gasteiger partial charge on any atom is -0.478 e. The quantitative estimate of drug-likeness (QED) is 0.238. The van der Waals surface area contributed by atoms with Crippen molar-refractivity contribution in [1.29, 1.82) is 0 Å². The number of rotatable bonds is 11. The van der Waals surface area contributed by atoms with Crippen molar-refractivity contribution in [1.82, 2.24) is 20.1 Å². The van der Waals surface area contributed by atoms with Gasteiger partial charge in [0.05, 0.1) is 28.0 Å². The molecule has 4 rings (SSSR count). The highest BCUT2D eigenvalue weighted by atomic mass is 35.5. The van der Waals surface area contributed by atoms with E-state index < -0.39 is 11.9 Å². The fraction of sp³-hybridized carbons (Fsp3) is 0.185. The molecule has 38 heavy (non-hydrogen) atoms. The van der Waals surface area contributed by atoms with Gasteiger partial charge in [-0.3, -0.25) is 14.6 Å². The van der Waals surface area contributed by atoms with Gasteiger partial charge in [0.2, 0.25) is 17.7 Å². The molecule has 0 unspecified atom stereocenters. The molecule has 1 atom stereocenters. The monoisotopic (exact) mass is 571 g/mol. The van der Waals surface area contributed by atoms with E-state index in [1.165, 1.54) is 0 Å². The van der Waals surface area contributed by atoms with E-state index in [0.717, 1.165) is 11.1 Å². The number of halogens is 3. The summed E-state index contributed by atoms with van der Waals surface area (Å²) in [5, 5.41) is 8.74. The molecule has 0 spiro atoms. The third kappa shape index (κ3) is 7.25. The lowest BCUT2D eigenvalue weighted by atomic mass is 10.1. The van der Waals surface area contributed by atoms with Crippen molar-refractivity contribution in [2.24, 2.45) is 5.73 Å². The third-order valence-electron chi connectivity index (χ3n) is 5.61. The molecular weight excluding hydrogens is 549 g/mol. The molecule has 2 aromatic heterocycles. The van der Waals surface area contributed by atoms with Gasteiger partial charge in [-0.25, -0.2) is 4.68 Å². The number of carbonyl (C=O) groups is 2. The number of nitrogens with one attached hydrogen (secondary N) is 1. The van der Waals surface area contributed by atoms with Gasteiger partial charge in [0.25, 0.3) is 0 Å². The van der Waals surface area contributed by atoms with E-state index in [1.54, 1.807) is 65.6 Å². The predicted octanol–water partition coefficient (Wildman–Crippen LogP) is 5.27. The Balaban J connectivity index is 1.39. The molecule has 11 heteroatoms. The van der Waals surface area contributed by atoms with Gasteiger partial charge in [-0.05, 0) is 54.4 Å². The molecule has 2 aromatic carbocycles. The highest BCUT2D eigenvalue weighted by molar-refractivity contribution is 6.42. The second kappa shape index (κ2) is 12.8. The van der Waals surface area contributed by atoms with E-state index in [1.807, 2.05) is 12.1 Å². The highest BCUT2D eigenvalue weighted by Gasteiger charge is 2.19. The fourth-order valence-electron chi connectivity index (χ4n) is 3.68. The molecule has 0 bridgehead atoms. The number of hydrogen-bond acceptors (Lipinski definition) is 5. The van der Waals surface area contributed by atoms with Gasteiger partial charge in [-0.15, -0.1) is 0 Å². The van der Waals surface area contributed by atoms with Gasteiger partial charge < -0.3 is 15.8 Å². The average Bonchev–Trinajstić information content (AvgIpc) is 3.34. The molecule has 4 aromatic rings. The van der Waals surface area contributed by atoms with Crippen LogP contribution in [0.2, 0.25) is 15.1 Å². The van der Waals surface area contributed by atoms with Crippen LogP contribution in [0, 0.1) is 0 Å². The summed E-state index contributed by atoms with van der Waals surface area (Å²) in [6, 6.07) is 16.8. The molecule has 0 aliphatic heterocycles. The summed E-state index contributed by atoms with van der Waals surface area (Å²) < 4.78 is 7.60. The zero-order chi connectivity index (χ0) is 27.1. The molecule has 2 amide bonds. The first kappa shape index (κ1) is 27.4. The highest BCUT2D eigenvalue weighted by Crippen LogP contribution is 2.29. The summed E-state index contributed by atoms with van der Waals surface area (Å²) in [6.07, 6.45) is 4.19. The molecule has 0 aliphatic carbocycles. The van der Waals surface area contributed by atoms with Crippen LogP contribution in [0.15, 0.2) is 73.1 Å². The van der Waals surface area contributed by atoms with Crippen molar-refractivity contribution in [3.8, 4) is 22.8 Å². The molecular formula is C27H24Cl3N5O3. The summed E-state index contributed by atoms with van der Waals surface area (Å²) in [7, 11) is 0. The summed E-state index contributed by atoms with van der Waals surface area (Å²) in [4.78, 5) is 28.5. The van der Waals surface area contributed by atoms with Crippen LogP contribution < -0.4 is 15.8 Å². The van der Waals surface area contributed by atoms with Crippen molar-refractivity contribution >= 4 is 46.6 Å². The Kier molecular flexibility index (Phi) is 9.23. The number of pyridine rings is 1. The molecule has 0 saturated carbocycles. The number of hydrogen-bond donors (Lipinski definition) is 2. The Morgan fingerprint density at radius 1 is 1.03 bits per heavy atom. The maximum atomic E-state index is 12.5. The maximum Gasteiger partial charge on any atom is 0.240 e. The van der Waals surface area contributed by atoms with Gasteiger partial charge in [0.15, 0.2) is 0 Å². The summed E-state index contributed by atoms with van der Waals surface area (Å²) in [5.74, 6) is -0.459. The number of ether oxygens (including phenoxy) is 1. The number of benzene rings is 2. The van der Waals surface area contributed by atoms with E-state index in [0.29, 0.717) is 38.8 Å². The first-order valence-electron chi connectivity index (χ1n) is 11.7. The maximum absolute atomic E-state index is 12.5. The standard InChI is InChI=1S/C27H24Cl3N5O3/c28-19-7-5-17(6-8-19)13-24(27(31)37)33-25(36)4-2-12-38-26-15-23(18-3-1-11-32-16-18)34-35(26)20-9-10-21(29)22(30)14-20/h1,3,5-11,14-16,24H,2,4,12-13H2,(H2,31,37)(H,33,36)/t24-/m0/s1. The zero-order valence-electron chi connectivity index (χ0n) is 20.1. The third-order valence-corrected chi connectivity index (χ3v) is 6.60. The Morgan fingerprint density at radius 2 is 1.82 bits per heavy atom. The van der Waals surface area contributed by atoms with Crippen LogP contribution in [-0.4, -0.2) is 39.2 Å². The van der Waals surface area contributed by atoms with Gasteiger partial charge in [-0.2, -0.15) is 5.10 Å². The summed E-state index contributed by atoms with van der Waals surface area (Å²) in [5.41, 5.74) is 8.46. The smallest absolute Gasteiger partial charge is 0.240 e. The predicted molar refractivity (Wildman–Crippen MR) is 148 cm³/mol. The Hall–Kier alpha value is -3.59. The van der Waals surface area contributed by atoms with Crippen LogP contribution in [0.3, 0.4) is 0 Å². The number of nitrogens with zero attached hydrogens (tertiary/aromatic N) is 3. The first-order valence-corrected chi connectivity index (χ1v) is 12.9. The van der Waals surface area contributed by atoms with E-state index in [9.17, 15) is 9.59 Å². The van der Waals surface area contributed by atoms with Crippen LogP contribution in [0.1, 0.15) is 18.4 Å². The number of amides is 2. The molecule has 196 valence electrons. The molecule has 3 N–H and O–H groups in total. The summed E-state index contributed by atoms with van der Waals surface area (Å²) in [6.45, 7) is 0.228. The fourth-order valence-corrected chi connectivity index (χ4v) is 4.10. The van der Waals surface area contributed by atoms with Crippen molar-refractivity contribution < 1.29 is 14.3 Å². The largest absolute Gasteiger partial charge is 0.478 e. The van der Waals surface area contributed by atoms with Crippen molar-refractivity contribution in [2.75, 3.05) is 6.61 Å². The van der Waals surface area contributed by atoms with Gasteiger partial charge in [0, 0.05) is 41.9 Å². The second-order valence-electron chi connectivity index (χ2n) is 8.42. The minimum atomic E-state index is -0.831. The van der Waals surface area contributed by atoms with Gasteiger partial charge >= 0.3 is 0 Å². The molecule has 2 heterocycles. The normalized spacial score (nSPS) is 11.7. The van der Waals surface area contributed by atoms with Crippen LogP contribution in [0.25, 0.3) is 16.9 Å². The van der Waals surface area contributed by atoms with Gasteiger partial charge in [-0.1, -0.05) is 46.9 Å². The van der Waals surface area contributed by atoms with Gasteiger partial charge in [0.1, 0.15) is 6.04 Å². The Bertz CT molecular complexity index is 1410. The number of primary amides is 1. The van der Waals surface area contributed by atoms with Crippen LogP contribution in [0.4, 0.5) is 0 Å². The lowest BCUT2D eigenvalue weighted by Crippen LogP contribution is -2.45. The van der Waals surface area contributed by atoms with Crippen molar-refractivity contribution in [3.63, 3.8) is 0 Å². The second-order valence-corrected chi connectivity index (χ2v) is 9.68. The van der Waals surface area contributed by atoms with Crippen molar-refractivity contribution in [3.05, 3.63) is 93.7 Å². The first-order chi connectivity index (χ1) is 18.3. The van der Waals surface area contributed by atoms with Crippen molar-refractivity contribution in [2.45, 2.75) is 25.3 Å². The minimum absolute atomic E-state index is 0.140. The number of aromatic nitrogens is 3. The Labute approximate surface area is 234 Å². The average molecular weight is 573 g/mol. The molecule has 8 nitrogen and oxygen atoms in total. The summed E-state index contributed by atoms with van der Waals surface area (Å²) >= 11 is 18.2. The van der Waals surface area contributed by atoms with E-state index >= 15 is 0 Å². The van der Waals surface area contributed by atoms with E-state index in [-0.39, 0.29) is 25.4 Å². The molecule has 0 aliphatic rings. The molecule has 0 saturated heterocycles. The van der Waals surface area contributed by atoms with Crippen LogP contribution in [-0.2, 0) is 16.0 Å². The zero-order valence-corrected chi connectivity index (χ0v) is 22.4. The lowest BCUT2D eigenvalue weighted by Gasteiger charge is -2.16. The Morgan fingerprint density at radius 3 is 2.50 bits per heavy atom. The topological polar surface area (TPSA) is 112 Å².